The van der Waals surface area contributed by atoms with Crippen LogP contribution in [0.25, 0.3) is 5.69 Å². The van der Waals surface area contributed by atoms with E-state index in [1.54, 1.807) is 36.7 Å². The number of hydrogen-bond donors (Lipinski definition) is 1. The molecule has 7 heteroatoms. The third-order valence-electron chi connectivity index (χ3n) is 3.40. The summed E-state index contributed by atoms with van der Waals surface area (Å²) in [5.74, 6) is 0.277. The van der Waals surface area contributed by atoms with Crippen molar-refractivity contribution >= 4 is 15.8 Å². The fraction of sp³-hybridized carbons (Fsp3) is 0.125. The Hall–Kier alpha value is -2.67. The summed E-state index contributed by atoms with van der Waals surface area (Å²) in [5, 5.41) is 4.37. The molecule has 0 unspecified atom stereocenters. The number of nitrogens with one attached hydrogen (secondary N) is 1. The van der Waals surface area contributed by atoms with Gasteiger partial charge in [0.15, 0.2) is 0 Å². The molecule has 0 atom stereocenters. The van der Waals surface area contributed by atoms with E-state index in [9.17, 15) is 8.42 Å². The maximum absolute atomic E-state index is 12.7. The highest BCUT2D eigenvalue weighted by Crippen LogP contribution is 2.24. The van der Waals surface area contributed by atoms with E-state index in [2.05, 4.69) is 14.8 Å². The molecular formula is C16H16N4O2S. The number of hydrogen-bond acceptors (Lipinski definition) is 4. The number of anilines is 1. The summed E-state index contributed by atoms with van der Waals surface area (Å²) in [5.41, 5.74) is 1.80. The number of rotatable bonds is 4. The van der Waals surface area contributed by atoms with Crippen molar-refractivity contribution in [2.45, 2.75) is 18.7 Å². The minimum atomic E-state index is -3.76. The van der Waals surface area contributed by atoms with E-state index in [0.717, 1.165) is 5.69 Å². The normalized spacial score (nSPS) is 11.4. The molecule has 0 aliphatic heterocycles. The number of para-hydroxylation sites is 1. The van der Waals surface area contributed by atoms with Crippen molar-refractivity contribution in [3.8, 4) is 5.69 Å². The van der Waals surface area contributed by atoms with Crippen LogP contribution in [-0.4, -0.2) is 23.2 Å². The van der Waals surface area contributed by atoms with Gasteiger partial charge in [0.25, 0.3) is 10.0 Å². The molecule has 0 radical (unpaired) electrons. The maximum atomic E-state index is 12.7. The third-order valence-corrected chi connectivity index (χ3v) is 5.00. The Balaban J connectivity index is 2.05. The van der Waals surface area contributed by atoms with Gasteiger partial charge in [0, 0.05) is 6.20 Å². The molecule has 1 N–H and O–H groups in total. The van der Waals surface area contributed by atoms with E-state index in [1.165, 1.54) is 6.20 Å². The van der Waals surface area contributed by atoms with Crippen LogP contribution < -0.4 is 4.72 Å². The third kappa shape index (κ3) is 2.95. The molecule has 0 fully saturated rings. The lowest BCUT2D eigenvalue weighted by Gasteiger charge is -2.08. The molecule has 0 aliphatic carbocycles. The summed E-state index contributed by atoms with van der Waals surface area (Å²) < 4.78 is 29.5. The fourth-order valence-electron chi connectivity index (χ4n) is 2.45. The number of aryl methyl sites for hydroxylation is 1. The number of aromatic nitrogens is 3. The molecule has 6 nitrogen and oxygen atoms in total. The van der Waals surface area contributed by atoms with Crippen LogP contribution in [0.2, 0.25) is 0 Å². The second-order valence-electron chi connectivity index (χ2n) is 5.07. The summed E-state index contributed by atoms with van der Waals surface area (Å²) in [6.45, 7) is 3.42. The van der Waals surface area contributed by atoms with Gasteiger partial charge in [0.1, 0.15) is 10.7 Å². The Kier molecular flexibility index (Phi) is 3.87. The van der Waals surface area contributed by atoms with Crippen LogP contribution in [0.15, 0.2) is 59.6 Å². The number of sulfonamides is 1. The Morgan fingerprint density at radius 1 is 1.00 bits per heavy atom. The smallest absolute Gasteiger partial charge is 0.263 e. The Labute approximate surface area is 134 Å². The topological polar surface area (TPSA) is 76.9 Å². The van der Waals surface area contributed by atoms with Crippen molar-refractivity contribution < 1.29 is 8.42 Å². The zero-order valence-electron chi connectivity index (χ0n) is 12.8. The molecule has 0 amide bonds. The summed E-state index contributed by atoms with van der Waals surface area (Å²) in [4.78, 5) is 4.17. The number of benzene rings is 1. The van der Waals surface area contributed by atoms with Gasteiger partial charge in [-0.2, -0.15) is 5.10 Å². The van der Waals surface area contributed by atoms with Gasteiger partial charge in [0.2, 0.25) is 0 Å². The van der Waals surface area contributed by atoms with Gasteiger partial charge in [-0.1, -0.05) is 24.3 Å². The first kappa shape index (κ1) is 15.2. The summed E-state index contributed by atoms with van der Waals surface area (Å²) in [6, 6.07) is 14.5. The molecule has 1 aromatic carbocycles. The van der Waals surface area contributed by atoms with Crippen molar-refractivity contribution in [3.63, 3.8) is 0 Å². The molecule has 0 saturated carbocycles. The Morgan fingerprint density at radius 3 is 2.35 bits per heavy atom. The SMILES string of the molecule is Cc1nn(-c2ccccc2)c(C)c1S(=O)(=O)Nc1ccccn1. The minimum absolute atomic E-state index is 0.173. The zero-order valence-corrected chi connectivity index (χ0v) is 13.6. The van der Waals surface area contributed by atoms with E-state index in [-0.39, 0.29) is 10.7 Å². The number of nitrogens with zero attached hydrogens (tertiary/aromatic N) is 3. The van der Waals surface area contributed by atoms with Gasteiger partial charge in [-0.3, -0.25) is 4.72 Å². The van der Waals surface area contributed by atoms with E-state index < -0.39 is 10.0 Å². The molecule has 23 heavy (non-hydrogen) atoms. The lowest BCUT2D eigenvalue weighted by molar-refractivity contribution is 0.600. The highest BCUT2D eigenvalue weighted by atomic mass is 32.2. The van der Waals surface area contributed by atoms with Crippen LogP contribution in [0.1, 0.15) is 11.4 Å². The van der Waals surface area contributed by atoms with Gasteiger partial charge < -0.3 is 0 Å². The molecule has 0 saturated heterocycles. The summed E-state index contributed by atoms with van der Waals surface area (Å²) >= 11 is 0. The first-order valence-electron chi connectivity index (χ1n) is 7.04. The molecule has 3 rings (SSSR count). The van der Waals surface area contributed by atoms with E-state index >= 15 is 0 Å². The van der Waals surface area contributed by atoms with Gasteiger partial charge in [-0.15, -0.1) is 0 Å². The Morgan fingerprint density at radius 2 is 1.70 bits per heavy atom. The molecule has 0 aliphatic rings. The monoisotopic (exact) mass is 328 g/mol. The minimum Gasteiger partial charge on any atom is -0.263 e. The molecule has 118 valence electrons. The average molecular weight is 328 g/mol. The second kappa shape index (κ2) is 5.85. The van der Waals surface area contributed by atoms with Gasteiger partial charge >= 0.3 is 0 Å². The van der Waals surface area contributed by atoms with Crippen molar-refractivity contribution in [1.82, 2.24) is 14.8 Å². The van der Waals surface area contributed by atoms with Crippen LogP contribution >= 0.6 is 0 Å². The quantitative estimate of drug-likeness (QED) is 0.799. The van der Waals surface area contributed by atoms with E-state index in [0.29, 0.717) is 11.4 Å². The maximum Gasteiger partial charge on any atom is 0.266 e. The molecule has 2 heterocycles. The highest BCUT2D eigenvalue weighted by Gasteiger charge is 2.25. The van der Waals surface area contributed by atoms with Crippen LogP contribution in [-0.2, 0) is 10.0 Å². The van der Waals surface area contributed by atoms with E-state index in [4.69, 9.17) is 0 Å². The standard InChI is InChI=1S/C16H16N4O2S/c1-12-16(23(21,22)19-15-10-6-7-11-17-15)13(2)20(18-12)14-8-4-3-5-9-14/h3-11H,1-2H3,(H,17,19). The number of pyridine rings is 1. The first-order valence-corrected chi connectivity index (χ1v) is 8.53. The molecule has 0 bridgehead atoms. The Bertz CT molecular complexity index is 919. The largest absolute Gasteiger partial charge is 0.266 e. The average Bonchev–Trinajstić information content (AvgIpc) is 2.84. The van der Waals surface area contributed by atoms with Gasteiger partial charge in [0.05, 0.1) is 17.1 Å². The highest BCUT2D eigenvalue weighted by molar-refractivity contribution is 7.92. The van der Waals surface area contributed by atoms with Crippen LogP contribution in [0, 0.1) is 13.8 Å². The van der Waals surface area contributed by atoms with Gasteiger partial charge in [-0.25, -0.2) is 18.1 Å². The summed E-state index contributed by atoms with van der Waals surface area (Å²) in [7, 11) is -3.76. The lowest BCUT2D eigenvalue weighted by atomic mass is 10.3. The molecule has 3 aromatic rings. The fourth-order valence-corrected chi connectivity index (χ4v) is 3.85. The van der Waals surface area contributed by atoms with Gasteiger partial charge in [-0.05, 0) is 38.1 Å². The van der Waals surface area contributed by atoms with Crippen LogP contribution in [0.4, 0.5) is 5.82 Å². The summed E-state index contributed by atoms with van der Waals surface area (Å²) in [6.07, 6.45) is 1.53. The van der Waals surface area contributed by atoms with Crippen LogP contribution in [0.5, 0.6) is 0 Å². The second-order valence-corrected chi connectivity index (χ2v) is 6.69. The first-order chi connectivity index (χ1) is 11.0. The van der Waals surface area contributed by atoms with Crippen molar-refractivity contribution in [2.24, 2.45) is 0 Å². The molecule has 0 spiro atoms. The zero-order chi connectivity index (χ0) is 16.4. The molecular weight excluding hydrogens is 312 g/mol. The lowest BCUT2D eigenvalue weighted by Crippen LogP contribution is -2.15. The van der Waals surface area contributed by atoms with Crippen molar-refractivity contribution in [2.75, 3.05) is 4.72 Å². The van der Waals surface area contributed by atoms with Crippen molar-refractivity contribution in [3.05, 3.63) is 66.1 Å². The predicted octanol–water partition coefficient (Wildman–Crippen LogP) is 2.68. The van der Waals surface area contributed by atoms with E-state index in [1.807, 2.05) is 30.3 Å². The molecule has 2 aromatic heterocycles. The van der Waals surface area contributed by atoms with Crippen molar-refractivity contribution in [1.29, 1.82) is 0 Å². The predicted molar refractivity (Wildman–Crippen MR) is 88.1 cm³/mol. The van der Waals surface area contributed by atoms with Crippen LogP contribution in [0.3, 0.4) is 0 Å².